The maximum atomic E-state index is 14.0. The summed E-state index contributed by atoms with van der Waals surface area (Å²) < 4.78 is 19.7. The molecule has 12 heteroatoms. The van der Waals surface area contributed by atoms with E-state index in [-0.39, 0.29) is 36.5 Å². The monoisotopic (exact) mass is 559 g/mol. The zero-order valence-corrected chi connectivity index (χ0v) is 22.4. The second-order valence-electron chi connectivity index (χ2n) is 9.09. The van der Waals surface area contributed by atoms with Crippen LogP contribution in [-0.2, 0) is 4.79 Å². The van der Waals surface area contributed by atoms with Gasteiger partial charge in [0.15, 0.2) is 5.17 Å². The van der Waals surface area contributed by atoms with Crippen molar-refractivity contribution in [3.63, 3.8) is 0 Å². The summed E-state index contributed by atoms with van der Waals surface area (Å²) in [6, 6.07) is 4.51. The molecule has 4 aliphatic rings. The van der Waals surface area contributed by atoms with Crippen molar-refractivity contribution in [3.8, 4) is 5.75 Å². The van der Waals surface area contributed by atoms with Crippen molar-refractivity contribution in [2.24, 2.45) is 4.99 Å². The van der Waals surface area contributed by atoms with Crippen LogP contribution in [0.5, 0.6) is 5.75 Å². The first-order valence-electron chi connectivity index (χ1n) is 12.1. The van der Waals surface area contributed by atoms with E-state index < -0.39 is 11.9 Å². The lowest BCUT2D eigenvalue weighted by atomic mass is 10.0. The van der Waals surface area contributed by atoms with Crippen LogP contribution in [0.15, 0.2) is 28.1 Å². The minimum Gasteiger partial charge on any atom is -0.410 e. The van der Waals surface area contributed by atoms with Crippen LogP contribution in [0.25, 0.3) is 6.08 Å². The highest BCUT2D eigenvalue weighted by atomic mass is 35.5. The number of halogens is 3. The number of nitrogens with one attached hydrogen (secondary N) is 1. The van der Waals surface area contributed by atoms with Crippen LogP contribution in [0.3, 0.4) is 0 Å². The number of hydrogen-bond donors (Lipinski definition) is 1. The molecule has 0 aromatic heterocycles. The molecule has 4 heterocycles. The molecule has 0 atom stereocenters. The van der Waals surface area contributed by atoms with Crippen LogP contribution in [0, 0.1) is 5.82 Å². The summed E-state index contributed by atoms with van der Waals surface area (Å²) in [5, 5.41) is 2.47. The Balaban J connectivity index is 0.00000180. The Labute approximate surface area is 227 Å². The highest BCUT2D eigenvalue weighted by Crippen LogP contribution is 2.33. The third kappa shape index (κ3) is 6.72. The summed E-state index contributed by atoms with van der Waals surface area (Å²) in [7, 11) is 0. The molecule has 3 saturated heterocycles. The van der Waals surface area contributed by atoms with Gasteiger partial charge in [-0.25, -0.2) is 14.6 Å². The van der Waals surface area contributed by atoms with Crippen molar-refractivity contribution in [2.45, 2.75) is 44.6 Å². The van der Waals surface area contributed by atoms with Gasteiger partial charge in [-0.2, -0.15) is 4.99 Å². The molecular weight excluding hydrogens is 528 g/mol. The predicted molar refractivity (Wildman–Crippen MR) is 144 cm³/mol. The highest BCUT2D eigenvalue weighted by Gasteiger charge is 2.30. The second-order valence-corrected chi connectivity index (χ2v) is 10.1. The van der Waals surface area contributed by atoms with Crippen LogP contribution in [0.4, 0.5) is 9.18 Å². The molecule has 0 radical (unpaired) electrons. The van der Waals surface area contributed by atoms with Gasteiger partial charge in [0.25, 0.3) is 5.91 Å². The number of amidine groups is 1. The smallest absolute Gasteiger partial charge is 0.410 e. The lowest BCUT2D eigenvalue weighted by Crippen LogP contribution is -2.46. The molecule has 2 amide bonds. The number of nitrogens with zero attached hydrogens (tertiary/aromatic N) is 4. The van der Waals surface area contributed by atoms with Gasteiger partial charge in [-0.3, -0.25) is 9.80 Å². The zero-order valence-electron chi connectivity index (χ0n) is 20.0. The number of thioether (sulfide) groups is 1. The lowest BCUT2D eigenvalue weighted by Gasteiger charge is -2.36. The van der Waals surface area contributed by atoms with Gasteiger partial charge in [0.05, 0.1) is 4.91 Å². The Morgan fingerprint density at radius 1 is 1.08 bits per heavy atom. The molecular formula is C24H32Cl2FN5O3S. The van der Waals surface area contributed by atoms with Crippen molar-refractivity contribution >= 4 is 59.8 Å². The number of ether oxygens (including phenoxy) is 1. The normalized spacial score (nSPS) is 22.3. The fourth-order valence-electron chi connectivity index (χ4n) is 4.91. The number of aliphatic imine (C=N–C) groups is 1. The molecule has 1 aromatic rings. The Hall–Kier alpha value is -1.85. The van der Waals surface area contributed by atoms with E-state index in [1.54, 1.807) is 11.0 Å². The van der Waals surface area contributed by atoms with Crippen molar-refractivity contribution in [1.29, 1.82) is 0 Å². The van der Waals surface area contributed by atoms with Crippen molar-refractivity contribution in [2.75, 3.05) is 39.3 Å². The number of amides is 2. The summed E-state index contributed by atoms with van der Waals surface area (Å²) in [5.74, 6) is -0.608. The number of benzene rings is 1. The van der Waals surface area contributed by atoms with E-state index in [0.29, 0.717) is 34.8 Å². The molecule has 8 nitrogen and oxygen atoms in total. The largest absolute Gasteiger partial charge is 0.415 e. The van der Waals surface area contributed by atoms with E-state index in [9.17, 15) is 14.0 Å². The molecule has 5 rings (SSSR count). The molecule has 36 heavy (non-hydrogen) atoms. The first-order chi connectivity index (χ1) is 16.6. The highest BCUT2D eigenvalue weighted by molar-refractivity contribution is 8.18. The number of likely N-dealkylation sites (tertiary alicyclic amines) is 2. The molecule has 0 aliphatic carbocycles. The van der Waals surface area contributed by atoms with Crippen LogP contribution < -0.4 is 10.2 Å². The first-order valence-corrected chi connectivity index (χ1v) is 12.9. The maximum absolute atomic E-state index is 14.0. The topological polar surface area (TPSA) is 77.5 Å². The number of carbonyl (C=O) groups excluding carboxylic acids is 2. The summed E-state index contributed by atoms with van der Waals surface area (Å²) in [4.78, 5) is 34.1. The summed E-state index contributed by atoms with van der Waals surface area (Å²) in [6.45, 7) is 5.21. The van der Waals surface area contributed by atoms with Gasteiger partial charge < -0.3 is 14.5 Å². The molecule has 4 aliphatic heterocycles. The average molecular weight is 561 g/mol. The maximum Gasteiger partial charge on any atom is 0.415 e. The quantitative estimate of drug-likeness (QED) is 0.553. The minimum absolute atomic E-state index is 0. The fourth-order valence-corrected chi connectivity index (χ4v) is 5.82. The molecule has 1 N–H and O–H groups in total. The second kappa shape index (κ2) is 13.1. The fraction of sp³-hybridized carbons (Fsp3) is 0.542. The van der Waals surface area contributed by atoms with Gasteiger partial charge in [0.2, 0.25) is 0 Å². The molecule has 0 bridgehead atoms. The van der Waals surface area contributed by atoms with Gasteiger partial charge in [-0.1, -0.05) is 0 Å². The predicted octanol–water partition coefficient (Wildman–Crippen LogP) is 4.30. The summed E-state index contributed by atoms with van der Waals surface area (Å²) >= 11 is 1.24. The SMILES string of the molecule is Cl.Cl.O=C1N=C(N2CCCCN2)SC1=Cc1cc(F)ccc1OC(=O)N1CCC(N2CCCC2)CC1. The van der Waals surface area contributed by atoms with Gasteiger partial charge in [0.1, 0.15) is 11.6 Å². The van der Waals surface area contributed by atoms with Crippen LogP contribution in [0.2, 0.25) is 0 Å². The van der Waals surface area contributed by atoms with Crippen molar-refractivity contribution in [1.82, 2.24) is 20.2 Å². The van der Waals surface area contributed by atoms with Gasteiger partial charge in [-0.05, 0) is 87.7 Å². The van der Waals surface area contributed by atoms with E-state index in [4.69, 9.17) is 4.74 Å². The Morgan fingerprint density at radius 3 is 2.50 bits per heavy atom. The number of piperidine rings is 1. The van der Waals surface area contributed by atoms with Crippen LogP contribution in [0.1, 0.15) is 44.1 Å². The van der Waals surface area contributed by atoms with E-state index in [1.165, 1.54) is 42.8 Å². The van der Waals surface area contributed by atoms with Crippen LogP contribution >= 0.6 is 36.6 Å². The minimum atomic E-state index is -0.465. The molecule has 1 aromatic carbocycles. The van der Waals surface area contributed by atoms with Gasteiger partial charge >= 0.3 is 6.09 Å². The molecule has 0 unspecified atom stereocenters. The van der Waals surface area contributed by atoms with Gasteiger partial charge in [0, 0.05) is 37.8 Å². The number of rotatable bonds is 3. The molecule has 198 valence electrons. The van der Waals surface area contributed by atoms with Crippen LogP contribution in [-0.4, -0.2) is 77.3 Å². The van der Waals surface area contributed by atoms with E-state index in [0.717, 1.165) is 51.9 Å². The number of hydrogen-bond acceptors (Lipinski definition) is 7. The van der Waals surface area contributed by atoms with Crippen molar-refractivity contribution < 1.29 is 18.7 Å². The van der Waals surface area contributed by atoms with Crippen molar-refractivity contribution in [3.05, 3.63) is 34.5 Å². The lowest BCUT2D eigenvalue weighted by molar-refractivity contribution is -0.113. The van der Waals surface area contributed by atoms with E-state index in [1.807, 2.05) is 5.01 Å². The molecule has 0 saturated carbocycles. The van der Waals surface area contributed by atoms with Gasteiger partial charge in [-0.15, -0.1) is 24.8 Å². The van der Waals surface area contributed by atoms with E-state index in [2.05, 4.69) is 15.3 Å². The number of hydrazine groups is 1. The van der Waals surface area contributed by atoms with E-state index >= 15 is 0 Å². The Morgan fingerprint density at radius 2 is 1.81 bits per heavy atom. The number of carbonyl (C=O) groups is 2. The summed E-state index contributed by atoms with van der Waals surface area (Å²) in [6.07, 6.45) is 7.61. The third-order valence-electron chi connectivity index (χ3n) is 6.79. The third-order valence-corrected chi connectivity index (χ3v) is 7.79. The average Bonchev–Trinajstić information content (AvgIpc) is 3.52. The zero-order chi connectivity index (χ0) is 23.5. The first kappa shape index (κ1) is 28.7. The molecule has 0 spiro atoms. The summed E-state index contributed by atoms with van der Waals surface area (Å²) in [5.41, 5.74) is 3.58. The standard InChI is InChI=1S/C24H30FN5O3S.2ClH/c25-18-5-6-20(33-24(32)29-13-7-19(8-14-29)28-10-3-4-11-28)17(15-18)16-21-22(31)27-23(34-21)30-12-2-1-9-26-30;;/h5-6,15-16,19,26H,1-4,7-14H2;2*1H. The Bertz CT molecular complexity index is 1010. The Kier molecular flexibility index (Phi) is 10.4. The molecule has 3 fully saturated rings.